The first-order valence-corrected chi connectivity index (χ1v) is 4.36. The van der Waals surface area contributed by atoms with Crippen LogP contribution in [0.2, 0.25) is 0 Å². The molecule has 0 spiro atoms. The number of ketones is 1. The smallest absolute Gasteiger partial charge is 0.405 e. The summed E-state index contributed by atoms with van der Waals surface area (Å²) in [5.74, 6) is -0.173. The zero-order chi connectivity index (χ0) is 10.8. The van der Waals surface area contributed by atoms with Crippen molar-refractivity contribution in [1.29, 1.82) is 0 Å². The number of carboxylic acid groups (broad SMARTS) is 1. The van der Waals surface area contributed by atoms with E-state index in [4.69, 9.17) is 5.11 Å². The normalized spacial score (nSPS) is 17.9. The molecule has 0 atom stereocenters. The van der Waals surface area contributed by atoms with Gasteiger partial charge in [-0.3, -0.25) is 4.79 Å². The molecule has 5 nitrogen and oxygen atoms in total. The SMILES string of the molecule is CN(C)C=CC(=O)C1(NC(=O)O)CC1. The first-order valence-electron chi connectivity index (χ1n) is 4.36. The maximum absolute atomic E-state index is 11.5. The fraction of sp³-hybridized carbons (Fsp3) is 0.556. The van der Waals surface area contributed by atoms with Crippen LogP contribution in [-0.4, -0.2) is 41.5 Å². The summed E-state index contributed by atoms with van der Waals surface area (Å²) in [5.41, 5.74) is -0.835. The third-order valence-corrected chi connectivity index (χ3v) is 2.09. The third kappa shape index (κ3) is 2.48. The largest absolute Gasteiger partial charge is 0.465 e. The van der Waals surface area contributed by atoms with Crippen LogP contribution in [0.15, 0.2) is 12.3 Å². The third-order valence-electron chi connectivity index (χ3n) is 2.09. The van der Waals surface area contributed by atoms with Crippen molar-refractivity contribution in [2.75, 3.05) is 14.1 Å². The molecule has 2 N–H and O–H groups in total. The number of hydrogen-bond acceptors (Lipinski definition) is 3. The van der Waals surface area contributed by atoms with E-state index in [-0.39, 0.29) is 5.78 Å². The predicted octanol–water partition coefficient (Wildman–Crippen LogP) is 0.431. The van der Waals surface area contributed by atoms with Gasteiger partial charge in [0.15, 0.2) is 5.78 Å². The van der Waals surface area contributed by atoms with Crippen LogP contribution >= 0.6 is 0 Å². The average Bonchev–Trinajstić information content (AvgIpc) is 2.80. The van der Waals surface area contributed by atoms with Crippen molar-refractivity contribution in [3.63, 3.8) is 0 Å². The van der Waals surface area contributed by atoms with Gasteiger partial charge in [0.2, 0.25) is 0 Å². The molecule has 14 heavy (non-hydrogen) atoms. The van der Waals surface area contributed by atoms with Crippen LogP contribution in [0.4, 0.5) is 4.79 Å². The Morgan fingerprint density at radius 2 is 2.00 bits per heavy atom. The monoisotopic (exact) mass is 198 g/mol. The Balaban J connectivity index is 2.56. The fourth-order valence-electron chi connectivity index (χ4n) is 1.14. The van der Waals surface area contributed by atoms with Crippen molar-refractivity contribution in [2.45, 2.75) is 18.4 Å². The molecule has 0 bridgehead atoms. The Morgan fingerprint density at radius 1 is 1.43 bits per heavy atom. The van der Waals surface area contributed by atoms with Gasteiger partial charge in [0.25, 0.3) is 0 Å². The topological polar surface area (TPSA) is 69.6 Å². The summed E-state index contributed by atoms with van der Waals surface area (Å²) in [6, 6.07) is 0. The van der Waals surface area contributed by atoms with E-state index in [1.54, 1.807) is 25.2 Å². The summed E-state index contributed by atoms with van der Waals surface area (Å²) in [6.45, 7) is 0. The minimum atomic E-state index is -1.14. The van der Waals surface area contributed by atoms with Crippen molar-refractivity contribution < 1.29 is 14.7 Å². The fourth-order valence-corrected chi connectivity index (χ4v) is 1.14. The van der Waals surface area contributed by atoms with Crippen molar-refractivity contribution >= 4 is 11.9 Å². The number of nitrogens with one attached hydrogen (secondary N) is 1. The standard InChI is InChI=1S/C9H14N2O3/c1-11(2)6-3-7(12)9(4-5-9)10-8(13)14/h3,6,10H,4-5H2,1-2H3,(H,13,14). The molecule has 1 aliphatic carbocycles. The lowest BCUT2D eigenvalue weighted by Crippen LogP contribution is -2.41. The second-order valence-corrected chi connectivity index (χ2v) is 3.66. The zero-order valence-electron chi connectivity index (χ0n) is 8.28. The summed E-state index contributed by atoms with van der Waals surface area (Å²) in [7, 11) is 3.60. The molecule has 0 saturated heterocycles. The van der Waals surface area contributed by atoms with E-state index in [1.807, 2.05) is 0 Å². The summed E-state index contributed by atoms with van der Waals surface area (Å²) in [6.07, 6.45) is 3.06. The predicted molar refractivity (Wildman–Crippen MR) is 51.0 cm³/mol. The van der Waals surface area contributed by atoms with Gasteiger partial charge in [0, 0.05) is 20.3 Å². The second kappa shape index (κ2) is 3.69. The van der Waals surface area contributed by atoms with Crippen LogP contribution in [0.3, 0.4) is 0 Å². The van der Waals surface area contributed by atoms with E-state index in [0.717, 1.165) is 0 Å². The molecule has 0 aromatic heterocycles. The molecule has 1 rings (SSSR count). The van der Waals surface area contributed by atoms with Crippen LogP contribution in [0.1, 0.15) is 12.8 Å². The van der Waals surface area contributed by atoms with Gasteiger partial charge >= 0.3 is 6.09 Å². The van der Waals surface area contributed by atoms with Crippen molar-refractivity contribution in [2.24, 2.45) is 0 Å². The van der Waals surface area contributed by atoms with Gasteiger partial charge in [0.05, 0.1) is 0 Å². The van der Waals surface area contributed by atoms with Gasteiger partial charge in [-0.2, -0.15) is 0 Å². The molecule has 0 aliphatic heterocycles. The molecule has 0 radical (unpaired) electrons. The number of rotatable bonds is 4. The van der Waals surface area contributed by atoms with E-state index >= 15 is 0 Å². The van der Waals surface area contributed by atoms with E-state index in [9.17, 15) is 9.59 Å². The molecule has 0 unspecified atom stereocenters. The highest BCUT2D eigenvalue weighted by atomic mass is 16.4. The Kier molecular flexibility index (Phi) is 2.78. The van der Waals surface area contributed by atoms with Crippen LogP contribution in [0.25, 0.3) is 0 Å². The molecule has 0 heterocycles. The average molecular weight is 198 g/mol. The Bertz CT molecular complexity index is 280. The van der Waals surface area contributed by atoms with Gasteiger partial charge in [-0.15, -0.1) is 0 Å². The quantitative estimate of drug-likeness (QED) is 0.643. The first-order chi connectivity index (χ1) is 6.46. The summed E-state index contributed by atoms with van der Waals surface area (Å²) < 4.78 is 0. The van der Waals surface area contributed by atoms with Gasteiger partial charge in [0.1, 0.15) is 5.54 Å². The zero-order valence-corrected chi connectivity index (χ0v) is 8.28. The minimum absolute atomic E-state index is 0.173. The highest BCUT2D eigenvalue weighted by Gasteiger charge is 2.49. The molecule has 0 aromatic carbocycles. The van der Waals surface area contributed by atoms with E-state index in [2.05, 4.69) is 5.32 Å². The maximum atomic E-state index is 11.5. The number of carbonyl (C=O) groups is 2. The molecule has 0 aromatic rings. The van der Waals surface area contributed by atoms with Crippen LogP contribution in [0, 0.1) is 0 Å². The summed E-state index contributed by atoms with van der Waals surface area (Å²) in [4.78, 5) is 23.7. The van der Waals surface area contributed by atoms with Crippen molar-refractivity contribution in [1.82, 2.24) is 10.2 Å². The molecule has 1 amide bonds. The first kappa shape index (κ1) is 10.6. The number of hydrogen-bond donors (Lipinski definition) is 2. The van der Waals surface area contributed by atoms with E-state index in [1.165, 1.54) is 6.08 Å². The molecule has 1 fully saturated rings. The molecule has 1 aliphatic rings. The van der Waals surface area contributed by atoms with Crippen LogP contribution in [0.5, 0.6) is 0 Å². The molecular formula is C9H14N2O3. The maximum Gasteiger partial charge on any atom is 0.405 e. The van der Waals surface area contributed by atoms with Gasteiger partial charge in [-0.25, -0.2) is 4.79 Å². The highest BCUT2D eigenvalue weighted by Crippen LogP contribution is 2.36. The van der Waals surface area contributed by atoms with Gasteiger partial charge in [-0.05, 0) is 18.9 Å². The Hall–Kier alpha value is -1.52. The van der Waals surface area contributed by atoms with Gasteiger partial charge in [-0.1, -0.05) is 0 Å². The minimum Gasteiger partial charge on any atom is -0.465 e. The number of amides is 1. The lowest BCUT2D eigenvalue weighted by Gasteiger charge is -2.11. The van der Waals surface area contributed by atoms with E-state index < -0.39 is 11.6 Å². The van der Waals surface area contributed by atoms with Crippen molar-refractivity contribution in [3.05, 3.63) is 12.3 Å². The lowest BCUT2D eigenvalue weighted by atomic mass is 10.1. The summed E-state index contributed by atoms with van der Waals surface area (Å²) >= 11 is 0. The lowest BCUT2D eigenvalue weighted by molar-refractivity contribution is -0.117. The van der Waals surface area contributed by atoms with Crippen LogP contribution in [-0.2, 0) is 4.79 Å². The Labute approximate surface area is 82.4 Å². The molecule has 1 saturated carbocycles. The molecule has 5 heteroatoms. The number of carbonyl (C=O) groups excluding carboxylic acids is 1. The molecule has 78 valence electrons. The highest BCUT2D eigenvalue weighted by molar-refractivity contribution is 6.02. The summed E-state index contributed by atoms with van der Waals surface area (Å²) in [5, 5.41) is 10.8. The van der Waals surface area contributed by atoms with Gasteiger partial charge < -0.3 is 15.3 Å². The second-order valence-electron chi connectivity index (χ2n) is 3.66. The van der Waals surface area contributed by atoms with E-state index in [0.29, 0.717) is 12.8 Å². The molecular weight excluding hydrogens is 184 g/mol. The van der Waals surface area contributed by atoms with Crippen molar-refractivity contribution in [3.8, 4) is 0 Å². The van der Waals surface area contributed by atoms with Crippen LogP contribution < -0.4 is 5.32 Å². The number of nitrogens with zero attached hydrogens (tertiary/aromatic N) is 1. The Morgan fingerprint density at radius 3 is 2.36 bits per heavy atom.